The maximum Gasteiger partial charge on any atom is 0.190 e. The summed E-state index contributed by atoms with van der Waals surface area (Å²) in [5.41, 5.74) is 2.72. The molecule has 5 aromatic carbocycles. The number of carbonyl (C=O) groups is 1. The van der Waals surface area contributed by atoms with Gasteiger partial charge in [-0.3, -0.25) is 14.4 Å². The summed E-state index contributed by atoms with van der Waals surface area (Å²) in [6, 6.07) is 2.71. The van der Waals surface area contributed by atoms with Gasteiger partial charge in [-0.05, 0) is 66.1 Å². The van der Waals surface area contributed by atoms with E-state index in [0.29, 0.717) is 77.9 Å². The van der Waals surface area contributed by atoms with Crippen molar-refractivity contribution in [3.05, 3.63) is 60.4 Å². The Hall–Kier alpha value is -4.47. The van der Waals surface area contributed by atoms with Gasteiger partial charge in [-0.1, -0.05) is 25.5 Å². The Labute approximate surface area is 252 Å². The number of fused-ring (bicyclic) bond motifs is 4. The van der Waals surface area contributed by atoms with E-state index in [1.807, 2.05) is 13.0 Å². The van der Waals surface area contributed by atoms with E-state index >= 15 is 0 Å². The molecule has 0 radical (unpaired) electrons. The van der Waals surface area contributed by atoms with Gasteiger partial charge in [-0.25, -0.2) is 0 Å². The minimum Gasteiger partial charge on any atom is -0.504 e. The summed E-state index contributed by atoms with van der Waals surface area (Å²) >= 11 is 0. The van der Waals surface area contributed by atoms with Gasteiger partial charge in [-0.15, -0.1) is 0 Å². The van der Waals surface area contributed by atoms with Crippen LogP contribution in [0.5, 0.6) is 11.5 Å². The summed E-state index contributed by atoms with van der Waals surface area (Å²) in [6.45, 7) is 7.17. The zero-order valence-corrected chi connectivity index (χ0v) is 25.3. The fourth-order valence-electron chi connectivity index (χ4n) is 8.00. The molecule has 0 spiro atoms. The number of anilines is 2. The lowest BCUT2D eigenvalue weighted by Crippen LogP contribution is -2.47. The predicted octanol–water partition coefficient (Wildman–Crippen LogP) is 5.08. The highest BCUT2D eigenvalue weighted by Gasteiger charge is 2.39. The third-order valence-corrected chi connectivity index (χ3v) is 10.2. The number of phenols is 1. The largest absolute Gasteiger partial charge is 0.504 e. The molecule has 0 amide bonds. The average Bonchev–Trinajstić information content (AvgIpc) is 3.14. The van der Waals surface area contributed by atoms with E-state index in [9.17, 15) is 29.7 Å². The summed E-state index contributed by atoms with van der Waals surface area (Å²) in [6.07, 6.45) is 3.55. The van der Waals surface area contributed by atoms with Crippen molar-refractivity contribution in [1.29, 1.82) is 0 Å². The van der Waals surface area contributed by atoms with Crippen LogP contribution in [0, 0.1) is 0 Å². The van der Waals surface area contributed by atoms with Crippen molar-refractivity contribution in [3.8, 4) is 11.5 Å². The number of carbonyl (C=O) groups excluding carboxylic acids is 1. The van der Waals surface area contributed by atoms with Crippen molar-refractivity contribution in [2.24, 2.45) is 0 Å². The van der Waals surface area contributed by atoms with Crippen molar-refractivity contribution in [2.75, 3.05) is 24.3 Å². The molecule has 9 nitrogen and oxygen atoms in total. The molecule has 0 aromatic heterocycles. The van der Waals surface area contributed by atoms with E-state index in [0.717, 1.165) is 18.4 Å². The number of methoxy groups -OCH3 is 1. The van der Waals surface area contributed by atoms with Crippen molar-refractivity contribution in [1.82, 2.24) is 0 Å². The van der Waals surface area contributed by atoms with Crippen LogP contribution < -0.4 is 26.2 Å². The topological polar surface area (TPSA) is 145 Å². The Morgan fingerprint density at radius 2 is 1.50 bits per heavy atom. The van der Waals surface area contributed by atoms with Gasteiger partial charge in [-0.2, -0.15) is 0 Å². The van der Waals surface area contributed by atoms with Gasteiger partial charge in [0.15, 0.2) is 22.4 Å². The molecule has 2 aliphatic rings. The third-order valence-electron chi connectivity index (χ3n) is 10.2. The van der Waals surface area contributed by atoms with Crippen LogP contribution in [0.3, 0.4) is 0 Å². The van der Waals surface area contributed by atoms with Crippen LogP contribution in [0.25, 0.3) is 49.2 Å². The van der Waals surface area contributed by atoms with E-state index in [-0.39, 0.29) is 27.9 Å². The maximum absolute atomic E-state index is 14.1. The van der Waals surface area contributed by atoms with E-state index in [4.69, 9.17) is 4.74 Å². The number of ether oxygens (including phenoxy) is 1. The Morgan fingerprint density at radius 3 is 2.05 bits per heavy atom. The van der Waals surface area contributed by atoms with Gasteiger partial charge in [0.25, 0.3) is 0 Å². The van der Waals surface area contributed by atoms with Gasteiger partial charge in [0.2, 0.25) is 0 Å². The van der Waals surface area contributed by atoms with Gasteiger partial charge in [0.05, 0.1) is 53.9 Å². The fraction of sp³-hybridized carbons (Fsp3) is 0.343. The van der Waals surface area contributed by atoms with Crippen LogP contribution in [0.15, 0.2) is 27.3 Å². The van der Waals surface area contributed by atoms with E-state index in [2.05, 4.69) is 24.5 Å². The van der Waals surface area contributed by atoms with Crippen LogP contribution in [0.4, 0.5) is 11.4 Å². The van der Waals surface area contributed by atoms with E-state index in [1.54, 1.807) is 0 Å². The number of nitrogens with one attached hydrogen (secondary N) is 2. The summed E-state index contributed by atoms with van der Waals surface area (Å²) in [7, 11) is 1.39. The van der Waals surface area contributed by atoms with Crippen molar-refractivity contribution in [2.45, 2.75) is 65.2 Å². The van der Waals surface area contributed by atoms with Crippen molar-refractivity contribution >= 4 is 66.3 Å². The molecule has 1 atom stereocenters. The van der Waals surface area contributed by atoms with E-state index < -0.39 is 30.3 Å². The highest BCUT2D eigenvalue weighted by atomic mass is 16.5. The average molecular weight is 595 g/mol. The second kappa shape index (κ2) is 9.51. The van der Waals surface area contributed by atoms with Gasteiger partial charge >= 0.3 is 0 Å². The molecule has 0 bridgehead atoms. The van der Waals surface area contributed by atoms with Crippen LogP contribution in [-0.4, -0.2) is 40.3 Å². The van der Waals surface area contributed by atoms with Crippen LogP contribution in [-0.2, 0) is 18.0 Å². The number of rotatable bonds is 6. The highest BCUT2D eigenvalue weighted by Crippen LogP contribution is 2.57. The summed E-state index contributed by atoms with van der Waals surface area (Å²) in [5, 5.41) is 43.7. The number of hydrogen-bond donors (Lipinski definition) is 5. The zero-order valence-electron chi connectivity index (χ0n) is 25.3. The minimum atomic E-state index is -0.828. The summed E-state index contributed by atoms with van der Waals surface area (Å²) in [4.78, 5) is 41.3. The predicted molar refractivity (Wildman–Crippen MR) is 174 cm³/mol. The van der Waals surface area contributed by atoms with Crippen LogP contribution in [0.1, 0.15) is 68.7 Å². The van der Waals surface area contributed by atoms with Crippen molar-refractivity contribution in [3.63, 3.8) is 0 Å². The number of phenolic OH excluding ortho intramolecular Hbond substituents is 1. The van der Waals surface area contributed by atoms with Crippen LogP contribution >= 0.6 is 0 Å². The van der Waals surface area contributed by atoms with Gasteiger partial charge < -0.3 is 30.7 Å². The number of ketones is 1. The Bertz CT molecular complexity index is 2230. The first-order valence-electron chi connectivity index (χ1n) is 15.0. The lowest BCUT2D eigenvalue weighted by Gasteiger charge is -2.41. The lowest BCUT2D eigenvalue weighted by atomic mass is 9.78. The van der Waals surface area contributed by atoms with Crippen LogP contribution in [0.2, 0.25) is 0 Å². The first kappa shape index (κ1) is 28.3. The standard InChI is InChI=1S/C35H34N2O7/c1-6-35(7-2)13-36-31-18-8-14(3)21(15(4)40)30-29-24(18)27-22(16(11-38)9-19(41)25(27)32(31)37-35)23-17(12-39)10-20(42)26(28(23)29)33(43)34(30)44-5/h8-10,21,36-39,43H,6-7,11-13H2,1-5H3. The number of Topliss-reactive ketones (excluding diaryl/α,β-unsaturated/α-hetero) is 1. The molecule has 1 unspecified atom stereocenters. The molecule has 7 rings (SSSR count). The van der Waals surface area contributed by atoms with Gasteiger partial charge in [0, 0.05) is 33.8 Å². The highest BCUT2D eigenvalue weighted by molar-refractivity contribution is 6.40. The summed E-state index contributed by atoms with van der Waals surface area (Å²) < 4.78 is 5.78. The lowest BCUT2D eigenvalue weighted by molar-refractivity contribution is -0.117. The Balaban J connectivity index is 1.94. The molecular weight excluding hydrogens is 560 g/mol. The summed E-state index contributed by atoms with van der Waals surface area (Å²) in [5.74, 6) is -1.39. The molecule has 1 heterocycles. The number of hydrogen-bond acceptors (Lipinski definition) is 9. The normalized spacial score (nSPS) is 17.2. The fourth-order valence-corrected chi connectivity index (χ4v) is 8.00. The second-order valence-electron chi connectivity index (χ2n) is 12.2. The number of aromatic hydroxyl groups is 1. The third kappa shape index (κ3) is 3.34. The number of allylic oxidation sites excluding steroid dienone is 1. The number of benzene rings is 5. The van der Waals surface area contributed by atoms with E-state index in [1.165, 1.54) is 26.2 Å². The Kier molecular flexibility index (Phi) is 6.12. The Morgan fingerprint density at radius 1 is 0.909 bits per heavy atom. The second-order valence-corrected chi connectivity index (χ2v) is 12.2. The molecule has 0 saturated heterocycles. The number of aliphatic hydroxyl groups excluding tert-OH is 2. The minimum absolute atomic E-state index is 0.00529. The molecule has 0 fully saturated rings. The molecular formula is C35H34N2O7. The first-order chi connectivity index (χ1) is 21.1. The van der Waals surface area contributed by atoms with Gasteiger partial charge in [0.1, 0.15) is 5.78 Å². The smallest absolute Gasteiger partial charge is 0.190 e. The first-order valence-corrected chi connectivity index (χ1v) is 15.0. The molecule has 226 valence electrons. The SMILES string of the molecule is CCC1(CC)CNc2c(c3c(=O)cc(CO)c4c5c(CO)cc(=O)c6c(O)c(OC)c7c(c(c2C=C(C)C7C(C)=O)c34)c65)N1. The molecule has 1 aliphatic carbocycles. The molecule has 0 saturated carbocycles. The molecule has 5 aromatic rings. The zero-order chi connectivity index (χ0) is 31.4. The van der Waals surface area contributed by atoms with Crippen molar-refractivity contribution < 1.29 is 24.9 Å². The maximum atomic E-state index is 14.1. The molecule has 1 aliphatic heterocycles. The molecule has 5 N–H and O–H groups in total. The molecule has 44 heavy (non-hydrogen) atoms. The monoisotopic (exact) mass is 594 g/mol. The number of aliphatic hydroxyl groups is 2. The molecule has 9 heteroatoms. The quantitative estimate of drug-likeness (QED) is 0.134.